The predicted octanol–water partition coefficient (Wildman–Crippen LogP) is 1.98. The van der Waals surface area contributed by atoms with Gasteiger partial charge in [0.2, 0.25) is 0 Å². The fourth-order valence-electron chi connectivity index (χ4n) is 3.79. The smallest absolute Gasteiger partial charge is 0.270 e. The standard InChI is InChI=1S/C24H32ClN7O2S/c1-16-15-31(2)9-10-32(16)21-12-20(24(34)28-14-17-4-6-18(25)7-5-17)29-22(30-21)19(13-26)23(33)27-8-11-35-3/h4-7,12-13,16H,8-11,14-15,26H2,1-3H3,(H,27,33)(H,28,34). The molecule has 0 saturated carbocycles. The van der Waals surface area contributed by atoms with E-state index in [0.29, 0.717) is 23.9 Å². The van der Waals surface area contributed by atoms with E-state index in [2.05, 4.69) is 44.4 Å². The van der Waals surface area contributed by atoms with E-state index in [1.807, 2.05) is 18.4 Å². The lowest BCUT2D eigenvalue weighted by Crippen LogP contribution is -2.51. The van der Waals surface area contributed by atoms with E-state index in [1.54, 1.807) is 30.0 Å². The van der Waals surface area contributed by atoms with Crippen LogP contribution in [-0.2, 0) is 11.3 Å². The maximum absolute atomic E-state index is 13.1. The highest BCUT2D eigenvalue weighted by molar-refractivity contribution is 7.98. The van der Waals surface area contributed by atoms with Gasteiger partial charge in [-0.2, -0.15) is 11.8 Å². The number of benzene rings is 1. The first-order valence-electron chi connectivity index (χ1n) is 11.4. The van der Waals surface area contributed by atoms with Crippen LogP contribution in [0.25, 0.3) is 5.57 Å². The van der Waals surface area contributed by atoms with Gasteiger partial charge in [-0.1, -0.05) is 23.7 Å². The number of halogens is 1. The molecule has 9 nitrogen and oxygen atoms in total. The van der Waals surface area contributed by atoms with Crippen LogP contribution in [0.1, 0.15) is 28.8 Å². The number of anilines is 1. The summed E-state index contributed by atoms with van der Waals surface area (Å²) in [5, 5.41) is 6.34. The van der Waals surface area contributed by atoms with Gasteiger partial charge < -0.3 is 26.2 Å². The number of hydrogen-bond donors (Lipinski definition) is 3. The number of rotatable bonds is 9. The molecular formula is C24H32ClN7O2S. The van der Waals surface area contributed by atoms with Gasteiger partial charge in [-0.25, -0.2) is 9.97 Å². The van der Waals surface area contributed by atoms with Crippen molar-refractivity contribution in [3.63, 3.8) is 0 Å². The summed E-state index contributed by atoms with van der Waals surface area (Å²) in [4.78, 5) is 39.3. The number of carbonyl (C=O) groups excluding carboxylic acids is 2. The van der Waals surface area contributed by atoms with E-state index in [1.165, 1.54) is 6.20 Å². The summed E-state index contributed by atoms with van der Waals surface area (Å²) in [6.45, 7) is 5.35. The molecule has 1 aliphatic heterocycles. The van der Waals surface area contributed by atoms with Gasteiger partial charge in [0.05, 0.1) is 5.57 Å². The van der Waals surface area contributed by atoms with Gasteiger partial charge in [-0.15, -0.1) is 0 Å². The van der Waals surface area contributed by atoms with Crippen LogP contribution in [0.3, 0.4) is 0 Å². The molecular weight excluding hydrogens is 486 g/mol. The van der Waals surface area contributed by atoms with E-state index in [9.17, 15) is 9.59 Å². The molecule has 0 bridgehead atoms. The van der Waals surface area contributed by atoms with Crippen molar-refractivity contribution in [2.45, 2.75) is 19.5 Å². The Morgan fingerprint density at radius 1 is 1.23 bits per heavy atom. The molecule has 188 valence electrons. The van der Waals surface area contributed by atoms with Crippen LogP contribution in [0.15, 0.2) is 36.5 Å². The number of nitrogens with zero attached hydrogens (tertiary/aromatic N) is 4. The van der Waals surface area contributed by atoms with Gasteiger partial charge in [0.1, 0.15) is 11.5 Å². The van der Waals surface area contributed by atoms with Crippen LogP contribution in [0.5, 0.6) is 0 Å². The highest BCUT2D eigenvalue weighted by Crippen LogP contribution is 2.22. The molecule has 1 unspecified atom stereocenters. The summed E-state index contributed by atoms with van der Waals surface area (Å²) < 4.78 is 0. The van der Waals surface area contributed by atoms with Crippen molar-refractivity contribution in [3.8, 4) is 0 Å². The summed E-state index contributed by atoms with van der Waals surface area (Å²) in [5.41, 5.74) is 7.02. The first-order chi connectivity index (χ1) is 16.8. The minimum absolute atomic E-state index is 0.120. The quantitative estimate of drug-likeness (QED) is 0.341. The molecule has 3 rings (SSSR count). The molecule has 4 N–H and O–H groups in total. The number of amides is 2. The molecule has 1 saturated heterocycles. The van der Waals surface area contributed by atoms with Crippen LogP contribution < -0.4 is 21.3 Å². The van der Waals surface area contributed by atoms with Crippen molar-refractivity contribution in [1.29, 1.82) is 0 Å². The number of hydrogen-bond acceptors (Lipinski definition) is 8. The molecule has 1 atom stereocenters. The van der Waals surface area contributed by atoms with E-state index in [4.69, 9.17) is 17.3 Å². The molecule has 2 amide bonds. The Kier molecular flexibility index (Phi) is 9.76. The lowest BCUT2D eigenvalue weighted by Gasteiger charge is -2.39. The first kappa shape index (κ1) is 26.8. The average Bonchev–Trinajstić information content (AvgIpc) is 2.84. The summed E-state index contributed by atoms with van der Waals surface area (Å²) in [5.74, 6) is 0.725. The number of piperazine rings is 1. The average molecular weight is 518 g/mol. The van der Waals surface area contributed by atoms with E-state index in [0.717, 1.165) is 31.0 Å². The van der Waals surface area contributed by atoms with Crippen LogP contribution in [0.2, 0.25) is 5.02 Å². The summed E-state index contributed by atoms with van der Waals surface area (Å²) >= 11 is 7.57. The Morgan fingerprint density at radius 2 is 1.97 bits per heavy atom. The highest BCUT2D eigenvalue weighted by atomic mass is 35.5. The van der Waals surface area contributed by atoms with E-state index in [-0.39, 0.29) is 34.9 Å². The molecule has 1 aliphatic rings. The highest BCUT2D eigenvalue weighted by Gasteiger charge is 2.26. The number of likely N-dealkylation sites (N-methyl/N-ethyl adjacent to an activating group) is 1. The Morgan fingerprint density at radius 3 is 2.63 bits per heavy atom. The zero-order valence-electron chi connectivity index (χ0n) is 20.3. The van der Waals surface area contributed by atoms with Crippen molar-refractivity contribution in [2.24, 2.45) is 5.73 Å². The maximum Gasteiger partial charge on any atom is 0.270 e. The van der Waals surface area contributed by atoms with Crippen LogP contribution in [0.4, 0.5) is 5.82 Å². The Hall–Kier alpha value is -2.82. The minimum atomic E-state index is -0.377. The fourth-order valence-corrected chi connectivity index (χ4v) is 4.22. The zero-order valence-corrected chi connectivity index (χ0v) is 21.8. The van der Waals surface area contributed by atoms with Crippen molar-refractivity contribution < 1.29 is 9.59 Å². The summed E-state index contributed by atoms with van der Waals surface area (Å²) in [6.07, 6.45) is 3.15. The monoisotopic (exact) mass is 517 g/mol. The molecule has 11 heteroatoms. The van der Waals surface area contributed by atoms with Crippen molar-refractivity contribution >= 4 is 46.6 Å². The van der Waals surface area contributed by atoms with Crippen LogP contribution in [0, 0.1) is 0 Å². The molecule has 1 fully saturated rings. The molecule has 2 heterocycles. The second kappa shape index (κ2) is 12.8. The van der Waals surface area contributed by atoms with Gasteiger partial charge in [-0.3, -0.25) is 9.59 Å². The van der Waals surface area contributed by atoms with Gasteiger partial charge in [-0.05, 0) is 37.9 Å². The number of aromatic nitrogens is 2. The van der Waals surface area contributed by atoms with Crippen molar-refractivity contribution in [3.05, 3.63) is 58.6 Å². The normalized spacial score (nSPS) is 16.7. The maximum atomic E-state index is 13.1. The SMILES string of the molecule is CSCCNC(=O)C(=CN)c1nc(C(=O)NCc2ccc(Cl)cc2)cc(N2CCN(C)CC2C)n1. The van der Waals surface area contributed by atoms with E-state index < -0.39 is 0 Å². The number of carbonyl (C=O) groups is 2. The second-order valence-electron chi connectivity index (χ2n) is 8.38. The van der Waals surface area contributed by atoms with Gasteiger partial charge in [0.15, 0.2) is 5.82 Å². The van der Waals surface area contributed by atoms with Crippen LogP contribution >= 0.6 is 23.4 Å². The molecule has 0 radical (unpaired) electrons. The van der Waals surface area contributed by atoms with Gasteiger partial charge in [0, 0.05) is 61.8 Å². The Balaban J connectivity index is 1.90. The van der Waals surface area contributed by atoms with E-state index >= 15 is 0 Å². The summed E-state index contributed by atoms with van der Waals surface area (Å²) in [6, 6.07) is 9.07. The van der Waals surface area contributed by atoms with Gasteiger partial charge >= 0.3 is 0 Å². The minimum Gasteiger partial charge on any atom is -0.404 e. The fraction of sp³-hybridized carbons (Fsp3) is 0.417. The summed E-state index contributed by atoms with van der Waals surface area (Å²) in [7, 11) is 2.07. The molecule has 0 aliphatic carbocycles. The lowest BCUT2D eigenvalue weighted by molar-refractivity contribution is -0.115. The van der Waals surface area contributed by atoms with Crippen LogP contribution in [-0.4, -0.2) is 78.0 Å². The molecule has 35 heavy (non-hydrogen) atoms. The molecule has 0 spiro atoms. The third-order valence-corrected chi connectivity index (χ3v) is 6.54. The molecule has 2 aromatic rings. The van der Waals surface area contributed by atoms with Crippen molar-refractivity contribution in [2.75, 3.05) is 50.1 Å². The third-order valence-electron chi connectivity index (χ3n) is 5.68. The Bertz CT molecular complexity index is 1060. The lowest BCUT2D eigenvalue weighted by atomic mass is 10.1. The number of nitrogens with one attached hydrogen (secondary N) is 2. The molecule has 1 aromatic heterocycles. The first-order valence-corrected chi connectivity index (χ1v) is 13.2. The number of thioether (sulfide) groups is 1. The zero-order chi connectivity index (χ0) is 25.4. The predicted molar refractivity (Wildman–Crippen MR) is 143 cm³/mol. The topological polar surface area (TPSA) is 116 Å². The largest absolute Gasteiger partial charge is 0.404 e. The van der Waals surface area contributed by atoms with Gasteiger partial charge in [0.25, 0.3) is 11.8 Å². The Labute approximate surface area is 215 Å². The second-order valence-corrected chi connectivity index (χ2v) is 9.80. The third kappa shape index (κ3) is 7.33. The molecule has 1 aromatic carbocycles. The van der Waals surface area contributed by atoms with Crippen molar-refractivity contribution in [1.82, 2.24) is 25.5 Å². The number of nitrogens with two attached hydrogens (primary N) is 1.